The number of phosphoric acid groups is 1. The monoisotopic (exact) mass is 252 g/mol. The van der Waals surface area contributed by atoms with Gasteiger partial charge in [-0.3, -0.25) is 4.52 Å². The quantitative estimate of drug-likeness (QED) is 0.741. The Morgan fingerprint density at radius 3 is 1.92 bits per heavy atom. The summed E-state index contributed by atoms with van der Waals surface area (Å²) in [7, 11) is -4.23. The Labute approximate surface area is 90.1 Å². The van der Waals surface area contributed by atoms with Crippen LogP contribution in [-0.4, -0.2) is 15.9 Å². The van der Waals surface area contributed by atoms with Gasteiger partial charge in [0.25, 0.3) is 0 Å². The van der Waals surface area contributed by atoms with Gasteiger partial charge in [0.15, 0.2) is 0 Å². The van der Waals surface area contributed by atoms with E-state index in [-0.39, 0.29) is 30.9 Å². The van der Waals surface area contributed by atoms with E-state index in [9.17, 15) is 4.57 Å². The van der Waals surface area contributed by atoms with Gasteiger partial charge < -0.3 is 9.79 Å². The van der Waals surface area contributed by atoms with Crippen molar-refractivity contribution >= 4 is 32.6 Å². The zero-order valence-electron chi connectivity index (χ0n) is 7.09. The minimum Gasteiger partial charge on any atom is -0.303 e. The molecule has 13 heavy (non-hydrogen) atoms. The molecule has 0 saturated heterocycles. The van der Waals surface area contributed by atoms with Crippen molar-refractivity contribution < 1.29 is 18.9 Å². The number of phosphoric ester groups is 1. The summed E-state index contributed by atoms with van der Waals surface area (Å²) in [6.07, 6.45) is 4.54. The molecule has 1 rings (SSSR count). The Bertz CT molecular complexity index is 166. The molecule has 0 heterocycles. The summed E-state index contributed by atoms with van der Waals surface area (Å²) in [4.78, 5) is 16.9. The lowest BCUT2D eigenvalue weighted by Gasteiger charge is -2.21. The third kappa shape index (κ3) is 7.74. The molecule has 0 atom stereocenters. The van der Waals surface area contributed by atoms with Crippen molar-refractivity contribution in [3.63, 3.8) is 0 Å². The third-order valence-electron chi connectivity index (χ3n) is 1.84. The van der Waals surface area contributed by atoms with E-state index >= 15 is 0 Å². The van der Waals surface area contributed by atoms with Crippen LogP contribution in [0, 0.1) is 0 Å². The van der Waals surface area contributed by atoms with Crippen molar-refractivity contribution in [2.24, 2.45) is 0 Å². The maximum Gasteiger partial charge on any atom is 0.469 e. The first-order valence-corrected chi connectivity index (χ1v) is 5.35. The Balaban J connectivity index is 0. The summed E-state index contributed by atoms with van der Waals surface area (Å²) in [5.74, 6) is 0. The van der Waals surface area contributed by atoms with Gasteiger partial charge in [-0.15, -0.1) is 24.8 Å². The molecule has 0 aromatic heterocycles. The molecule has 0 aliphatic heterocycles. The predicted octanol–water partition coefficient (Wildman–Crippen LogP) is 2.27. The van der Waals surface area contributed by atoms with Crippen LogP contribution < -0.4 is 0 Å². The lowest BCUT2D eigenvalue weighted by atomic mass is 9.98. The zero-order chi connectivity index (χ0) is 8.32. The van der Waals surface area contributed by atoms with Gasteiger partial charge in [-0.1, -0.05) is 19.3 Å². The molecule has 0 aromatic rings. The standard InChI is InChI=1S/C6H13O4P.2ClH/c7-11(8,9)10-6-4-2-1-3-5-6;;/h6H,1-5H2,(H2,7,8,9);2*1H. The van der Waals surface area contributed by atoms with Crippen molar-refractivity contribution in [3.8, 4) is 0 Å². The highest BCUT2D eigenvalue weighted by Gasteiger charge is 2.23. The lowest BCUT2D eigenvalue weighted by molar-refractivity contribution is 0.104. The molecule has 7 heteroatoms. The molecular formula is C6H15Cl2O4P. The fourth-order valence-electron chi connectivity index (χ4n) is 1.36. The number of hydrogen-bond acceptors (Lipinski definition) is 2. The van der Waals surface area contributed by atoms with E-state index in [1.807, 2.05) is 0 Å². The predicted molar refractivity (Wildman–Crippen MR) is 54.5 cm³/mol. The van der Waals surface area contributed by atoms with Crippen LogP contribution in [-0.2, 0) is 9.09 Å². The van der Waals surface area contributed by atoms with Gasteiger partial charge in [0.2, 0.25) is 0 Å². The fraction of sp³-hybridized carbons (Fsp3) is 1.00. The maximum atomic E-state index is 10.4. The van der Waals surface area contributed by atoms with Crippen LogP contribution in [0.15, 0.2) is 0 Å². The molecule has 2 N–H and O–H groups in total. The lowest BCUT2D eigenvalue weighted by Crippen LogP contribution is -2.14. The van der Waals surface area contributed by atoms with Gasteiger partial charge >= 0.3 is 7.82 Å². The summed E-state index contributed by atoms with van der Waals surface area (Å²) in [6, 6.07) is 0. The molecule has 0 radical (unpaired) electrons. The minimum atomic E-state index is -4.23. The van der Waals surface area contributed by atoms with E-state index in [2.05, 4.69) is 4.52 Å². The number of hydrogen-bond donors (Lipinski definition) is 2. The Hall–Kier alpha value is 0.690. The molecule has 1 aliphatic carbocycles. The third-order valence-corrected chi connectivity index (χ3v) is 2.41. The van der Waals surface area contributed by atoms with Crippen molar-refractivity contribution in [1.29, 1.82) is 0 Å². The molecule has 0 amide bonds. The van der Waals surface area contributed by atoms with Crippen LogP contribution in [0.25, 0.3) is 0 Å². The summed E-state index contributed by atoms with van der Waals surface area (Å²) < 4.78 is 14.9. The minimum absolute atomic E-state index is 0. The normalized spacial score (nSPS) is 18.6. The van der Waals surface area contributed by atoms with Crippen LogP contribution >= 0.6 is 32.6 Å². The van der Waals surface area contributed by atoms with E-state index in [4.69, 9.17) is 9.79 Å². The molecule has 4 nitrogen and oxygen atoms in total. The van der Waals surface area contributed by atoms with Gasteiger partial charge in [0.1, 0.15) is 0 Å². The highest BCUT2D eigenvalue weighted by atomic mass is 35.5. The average Bonchev–Trinajstić information content (AvgIpc) is 1.85. The molecule has 0 bridgehead atoms. The van der Waals surface area contributed by atoms with Gasteiger partial charge in [-0.25, -0.2) is 4.57 Å². The zero-order valence-corrected chi connectivity index (χ0v) is 9.61. The smallest absolute Gasteiger partial charge is 0.303 e. The van der Waals surface area contributed by atoms with E-state index < -0.39 is 7.82 Å². The number of rotatable bonds is 2. The van der Waals surface area contributed by atoms with Crippen molar-refractivity contribution in [2.45, 2.75) is 38.2 Å². The van der Waals surface area contributed by atoms with Gasteiger partial charge in [0, 0.05) is 0 Å². The molecular weight excluding hydrogens is 238 g/mol. The fourth-order valence-corrected chi connectivity index (χ4v) is 1.96. The van der Waals surface area contributed by atoms with Gasteiger partial charge in [-0.2, -0.15) is 0 Å². The van der Waals surface area contributed by atoms with Gasteiger partial charge in [0.05, 0.1) is 6.10 Å². The topological polar surface area (TPSA) is 66.8 Å². The molecule has 1 fully saturated rings. The van der Waals surface area contributed by atoms with E-state index in [0.29, 0.717) is 0 Å². The molecule has 82 valence electrons. The van der Waals surface area contributed by atoms with Crippen molar-refractivity contribution in [3.05, 3.63) is 0 Å². The maximum absolute atomic E-state index is 10.4. The molecule has 1 aliphatic rings. The number of halogens is 2. The Morgan fingerprint density at radius 1 is 1.08 bits per heavy atom. The second-order valence-electron chi connectivity index (χ2n) is 2.86. The van der Waals surface area contributed by atoms with E-state index in [0.717, 1.165) is 32.1 Å². The van der Waals surface area contributed by atoms with E-state index in [1.54, 1.807) is 0 Å². The second kappa shape index (κ2) is 7.04. The SMILES string of the molecule is Cl.Cl.O=P(O)(O)OC1CCCCC1. The highest BCUT2D eigenvalue weighted by molar-refractivity contribution is 7.46. The molecule has 1 saturated carbocycles. The summed E-state index contributed by atoms with van der Waals surface area (Å²) >= 11 is 0. The van der Waals surface area contributed by atoms with Crippen molar-refractivity contribution in [1.82, 2.24) is 0 Å². The second-order valence-corrected chi connectivity index (χ2v) is 4.05. The van der Waals surface area contributed by atoms with Crippen LogP contribution in [0.4, 0.5) is 0 Å². The Kier molecular flexibility index (Phi) is 8.74. The molecule has 0 unspecified atom stereocenters. The summed E-state index contributed by atoms with van der Waals surface area (Å²) in [6.45, 7) is 0. The van der Waals surface area contributed by atoms with Crippen LogP contribution in [0.3, 0.4) is 0 Å². The van der Waals surface area contributed by atoms with Gasteiger partial charge in [-0.05, 0) is 12.8 Å². The van der Waals surface area contributed by atoms with Crippen LogP contribution in [0.2, 0.25) is 0 Å². The largest absolute Gasteiger partial charge is 0.469 e. The first-order chi connectivity index (χ1) is 5.08. The van der Waals surface area contributed by atoms with Crippen molar-refractivity contribution in [2.75, 3.05) is 0 Å². The first kappa shape index (κ1) is 16.1. The highest BCUT2D eigenvalue weighted by Crippen LogP contribution is 2.40. The average molecular weight is 253 g/mol. The molecule has 0 spiro atoms. The van der Waals surface area contributed by atoms with Crippen LogP contribution in [0.1, 0.15) is 32.1 Å². The summed E-state index contributed by atoms with van der Waals surface area (Å²) in [5.41, 5.74) is 0. The molecule has 0 aromatic carbocycles. The summed E-state index contributed by atoms with van der Waals surface area (Å²) in [5, 5.41) is 0. The Morgan fingerprint density at radius 2 is 1.54 bits per heavy atom. The first-order valence-electron chi connectivity index (χ1n) is 3.82. The van der Waals surface area contributed by atoms with E-state index in [1.165, 1.54) is 0 Å². The van der Waals surface area contributed by atoms with Crippen LogP contribution in [0.5, 0.6) is 0 Å².